The Morgan fingerprint density at radius 2 is 1.96 bits per heavy atom. The maximum atomic E-state index is 12.6. The number of carbonyl (C=O) groups excluding carboxylic acids is 2. The molecule has 3 aromatic rings. The number of ketones is 1. The minimum Gasteiger partial charge on any atom is -0.345 e. The SMILES string of the molecule is CC1C(=O)C(=O)N(c2ccc3nc[nH]c3c2)C1c1cccc(Cl)c1Cl. The predicted octanol–water partition coefficient (Wildman–Crippen LogP) is 4.16. The van der Waals surface area contributed by atoms with Crippen LogP contribution in [0.1, 0.15) is 18.5 Å². The molecule has 0 radical (unpaired) electrons. The zero-order chi connectivity index (χ0) is 17.7. The molecule has 0 saturated carbocycles. The second kappa shape index (κ2) is 5.86. The van der Waals surface area contributed by atoms with Gasteiger partial charge in [0.15, 0.2) is 0 Å². The van der Waals surface area contributed by atoms with Gasteiger partial charge in [0, 0.05) is 11.6 Å². The van der Waals surface area contributed by atoms with Crippen molar-refractivity contribution in [1.29, 1.82) is 0 Å². The Kier molecular flexibility index (Phi) is 3.78. The van der Waals surface area contributed by atoms with Crippen LogP contribution in [-0.2, 0) is 9.59 Å². The summed E-state index contributed by atoms with van der Waals surface area (Å²) in [6, 6.07) is 10.1. The summed E-state index contributed by atoms with van der Waals surface area (Å²) in [6.45, 7) is 1.73. The Morgan fingerprint density at radius 1 is 1.16 bits per heavy atom. The zero-order valence-electron chi connectivity index (χ0n) is 13.2. The Hall–Kier alpha value is -2.37. The summed E-state index contributed by atoms with van der Waals surface area (Å²) in [6.07, 6.45) is 1.58. The molecule has 7 heteroatoms. The summed E-state index contributed by atoms with van der Waals surface area (Å²) in [5.41, 5.74) is 2.84. The molecular formula is C18H13Cl2N3O2. The van der Waals surface area contributed by atoms with E-state index in [1.807, 2.05) is 0 Å². The highest BCUT2D eigenvalue weighted by molar-refractivity contribution is 6.46. The van der Waals surface area contributed by atoms with Crippen LogP contribution in [0.4, 0.5) is 5.69 Å². The quantitative estimate of drug-likeness (QED) is 0.685. The zero-order valence-corrected chi connectivity index (χ0v) is 14.7. The van der Waals surface area contributed by atoms with Crippen LogP contribution >= 0.6 is 23.2 Å². The first kappa shape index (κ1) is 16.1. The van der Waals surface area contributed by atoms with Crippen LogP contribution in [0.15, 0.2) is 42.7 Å². The number of H-pyrrole nitrogens is 1. The number of nitrogens with one attached hydrogen (secondary N) is 1. The van der Waals surface area contributed by atoms with Gasteiger partial charge in [0.05, 0.1) is 33.4 Å². The van der Waals surface area contributed by atoms with Gasteiger partial charge in [-0.2, -0.15) is 0 Å². The van der Waals surface area contributed by atoms with Gasteiger partial charge in [-0.1, -0.05) is 42.3 Å². The van der Waals surface area contributed by atoms with Crippen molar-refractivity contribution in [2.45, 2.75) is 13.0 Å². The highest BCUT2D eigenvalue weighted by Gasteiger charge is 2.47. The van der Waals surface area contributed by atoms with Gasteiger partial charge >= 0.3 is 0 Å². The number of Topliss-reactive ketones (excluding diaryl/α,β-unsaturated/α-hetero) is 1. The minimum atomic E-state index is -0.549. The lowest BCUT2D eigenvalue weighted by atomic mass is 9.94. The third-order valence-corrected chi connectivity index (χ3v) is 5.41. The third kappa shape index (κ3) is 2.42. The van der Waals surface area contributed by atoms with Crippen LogP contribution in [0.3, 0.4) is 0 Å². The van der Waals surface area contributed by atoms with Gasteiger partial charge in [-0.25, -0.2) is 4.98 Å². The van der Waals surface area contributed by atoms with Crippen LogP contribution in [0.5, 0.6) is 0 Å². The van der Waals surface area contributed by atoms with E-state index in [1.165, 1.54) is 4.90 Å². The number of imidazole rings is 1. The van der Waals surface area contributed by atoms with Crippen LogP contribution in [0.2, 0.25) is 10.0 Å². The summed E-state index contributed by atoms with van der Waals surface area (Å²) in [4.78, 5) is 33.7. The molecule has 2 unspecified atom stereocenters. The summed E-state index contributed by atoms with van der Waals surface area (Å²) < 4.78 is 0. The second-order valence-electron chi connectivity index (χ2n) is 6.02. The molecule has 2 atom stereocenters. The van der Waals surface area contributed by atoms with E-state index in [2.05, 4.69) is 9.97 Å². The molecule has 1 aliphatic rings. The molecule has 1 amide bonds. The van der Waals surface area contributed by atoms with Crippen molar-refractivity contribution >= 4 is 51.6 Å². The van der Waals surface area contributed by atoms with E-state index in [0.717, 1.165) is 11.0 Å². The van der Waals surface area contributed by atoms with Crippen LogP contribution in [0.25, 0.3) is 11.0 Å². The lowest BCUT2D eigenvalue weighted by molar-refractivity contribution is -0.135. The Bertz CT molecular complexity index is 1010. The number of hydrogen-bond acceptors (Lipinski definition) is 3. The maximum absolute atomic E-state index is 12.6. The van der Waals surface area contributed by atoms with E-state index in [0.29, 0.717) is 21.3 Å². The van der Waals surface area contributed by atoms with E-state index >= 15 is 0 Å². The smallest absolute Gasteiger partial charge is 0.295 e. The number of aromatic nitrogens is 2. The molecule has 0 spiro atoms. The molecule has 1 aromatic heterocycles. The monoisotopic (exact) mass is 373 g/mol. The van der Waals surface area contributed by atoms with E-state index in [-0.39, 0.29) is 0 Å². The van der Waals surface area contributed by atoms with Crippen molar-refractivity contribution in [3.63, 3.8) is 0 Å². The van der Waals surface area contributed by atoms with Crippen molar-refractivity contribution in [2.24, 2.45) is 5.92 Å². The van der Waals surface area contributed by atoms with Crippen LogP contribution in [0, 0.1) is 5.92 Å². The van der Waals surface area contributed by atoms with Gasteiger partial charge in [-0.05, 0) is 29.8 Å². The van der Waals surface area contributed by atoms with E-state index in [1.54, 1.807) is 49.6 Å². The Labute approximate surface area is 153 Å². The molecule has 1 N–H and O–H groups in total. The first-order chi connectivity index (χ1) is 12.0. The number of carbonyl (C=O) groups is 2. The molecule has 0 bridgehead atoms. The average molecular weight is 374 g/mol. The van der Waals surface area contributed by atoms with Crippen molar-refractivity contribution < 1.29 is 9.59 Å². The number of halogens is 2. The van der Waals surface area contributed by atoms with Crippen molar-refractivity contribution in [3.05, 3.63) is 58.3 Å². The van der Waals surface area contributed by atoms with Gasteiger partial charge in [-0.3, -0.25) is 14.5 Å². The van der Waals surface area contributed by atoms with Gasteiger partial charge in [-0.15, -0.1) is 0 Å². The molecule has 4 rings (SSSR count). The van der Waals surface area contributed by atoms with Gasteiger partial charge in [0.25, 0.3) is 5.91 Å². The Balaban J connectivity index is 1.89. The van der Waals surface area contributed by atoms with Crippen LogP contribution < -0.4 is 4.90 Å². The molecular weight excluding hydrogens is 361 g/mol. The molecule has 1 aliphatic heterocycles. The molecule has 0 aliphatic carbocycles. The van der Waals surface area contributed by atoms with E-state index in [9.17, 15) is 9.59 Å². The molecule has 2 heterocycles. The van der Waals surface area contributed by atoms with Gasteiger partial charge in [0.1, 0.15) is 0 Å². The molecule has 126 valence electrons. The highest BCUT2D eigenvalue weighted by atomic mass is 35.5. The van der Waals surface area contributed by atoms with E-state index < -0.39 is 23.7 Å². The lowest BCUT2D eigenvalue weighted by Gasteiger charge is -2.27. The van der Waals surface area contributed by atoms with Crippen molar-refractivity contribution in [1.82, 2.24) is 9.97 Å². The molecule has 1 saturated heterocycles. The van der Waals surface area contributed by atoms with Crippen LogP contribution in [-0.4, -0.2) is 21.7 Å². The van der Waals surface area contributed by atoms with E-state index in [4.69, 9.17) is 23.2 Å². The number of amides is 1. The molecule has 25 heavy (non-hydrogen) atoms. The fourth-order valence-electron chi connectivity index (χ4n) is 3.32. The summed E-state index contributed by atoms with van der Waals surface area (Å²) in [5, 5.41) is 0.748. The highest BCUT2D eigenvalue weighted by Crippen LogP contribution is 2.43. The topological polar surface area (TPSA) is 66.1 Å². The second-order valence-corrected chi connectivity index (χ2v) is 6.81. The fraction of sp³-hybridized carbons (Fsp3) is 0.167. The third-order valence-electron chi connectivity index (χ3n) is 4.58. The first-order valence-electron chi connectivity index (χ1n) is 7.73. The lowest BCUT2D eigenvalue weighted by Crippen LogP contribution is -2.29. The number of rotatable bonds is 2. The van der Waals surface area contributed by atoms with Crippen molar-refractivity contribution in [2.75, 3.05) is 4.90 Å². The van der Waals surface area contributed by atoms with Gasteiger partial charge in [0.2, 0.25) is 5.78 Å². The number of anilines is 1. The molecule has 5 nitrogen and oxygen atoms in total. The standard InChI is InChI=1S/C18H13Cl2N3O2/c1-9-16(11-3-2-4-12(19)15(11)20)23(18(25)17(9)24)10-5-6-13-14(7-10)22-8-21-13/h2-9,16H,1H3,(H,21,22). The number of benzene rings is 2. The maximum Gasteiger partial charge on any atom is 0.295 e. The molecule has 2 aromatic carbocycles. The van der Waals surface area contributed by atoms with Crippen molar-refractivity contribution in [3.8, 4) is 0 Å². The summed E-state index contributed by atoms with van der Waals surface area (Å²) >= 11 is 12.5. The normalized spacial score (nSPS) is 20.7. The largest absolute Gasteiger partial charge is 0.345 e. The minimum absolute atomic E-state index is 0.358. The number of aromatic amines is 1. The summed E-state index contributed by atoms with van der Waals surface area (Å²) in [7, 11) is 0. The Morgan fingerprint density at radius 3 is 2.76 bits per heavy atom. The average Bonchev–Trinajstić information content (AvgIpc) is 3.15. The molecule has 1 fully saturated rings. The summed E-state index contributed by atoms with van der Waals surface area (Å²) in [5.74, 6) is -1.51. The number of fused-ring (bicyclic) bond motifs is 1. The first-order valence-corrected chi connectivity index (χ1v) is 8.49. The fourth-order valence-corrected chi connectivity index (χ4v) is 3.74. The predicted molar refractivity (Wildman–Crippen MR) is 97.0 cm³/mol. The number of nitrogens with zero attached hydrogens (tertiary/aromatic N) is 2. The number of hydrogen-bond donors (Lipinski definition) is 1. The van der Waals surface area contributed by atoms with Gasteiger partial charge < -0.3 is 4.98 Å².